The molecule has 0 unspecified atom stereocenters. The summed E-state index contributed by atoms with van der Waals surface area (Å²) in [7, 11) is 0. The largest absolute Gasteiger partial charge is 0.341 e. The van der Waals surface area contributed by atoms with Crippen molar-refractivity contribution in [1.82, 2.24) is 15.1 Å². The predicted molar refractivity (Wildman–Crippen MR) is 80.8 cm³/mol. The Hall–Kier alpha value is -1.52. The summed E-state index contributed by atoms with van der Waals surface area (Å²) in [6.07, 6.45) is 10.5. The Morgan fingerprint density at radius 2 is 1.71 bits per heavy atom. The van der Waals surface area contributed by atoms with Crippen molar-refractivity contribution < 1.29 is 9.59 Å². The van der Waals surface area contributed by atoms with Crippen molar-refractivity contribution in [2.75, 3.05) is 26.2 Å². The molecule has 5 heteroatoms. The zero-order valence-electron chi connectivity index (χ0n) is 12.6. The number of nitrogens with one attached hydrogen (secondary N) is 1. The zero-order chi connectivity index (χ0) is 14.7. The van der Waals surface area contributed by atoms with Crippen LogP contribution in [0.2, 0.25) is 0 Å². The van der Waals surface area contributed by atoms with Gasteiger partial charge in [-0.25, -0.2) is 4.79 Å². The van der Waals surface area contributed by atoms with Crippen LogP contribution >= 0.6 is 0 Å². The molecule has 3 rings (SSSR count). The Labute approximate surface area is 126 Å². The van der Waals surface area contributed by atoms with Crippen LogP contribution in [0.4, 0.5) is 4.79 Å². The van der Waals surface area contributed by atoms with Crippen LogP contribution in [0.15, 0.2) is 12.2 Å². The predicted octanol–water partition coefficient (Wildman–Crippen LogP) is 1.75. The van der Waals surface area contributed by atoms with E-state index in [-0.39, 0.29) is 18.0 Å². The lowest BCUT2D eigenvalue weighted by molar-refractivity contribution is -0.132. The molecule has 0 aromatic rings. The topological polar surface area (TPSA) is 52.7 Å². The van der Waals surface area contributed by atoms with Crippen LogP contribution < -0.4 is 5.32 Å². The number of carbonyl (C=O) groups excluding carboxylic acids is 2. The number of rotatable bonds is 2. The molecular weight excluding hydrogens is 266 g/mol. The van der Waals surface area contributed by atoms with Gasteiger partial charge in [-0.15, -0.1) is 0 Å². The van der Waals surface area contributed by atoms with Gasteiger partial charge in [0.2, 0.25) is 5.91 Å². The van der Waals surface area contributed by atoms with E-state index in [9.17, 15) is 9.59 Å². The molecule has 116 valence electrons. The molecule has 1 atom stereocenters. The summed E-state index contributed by atoms with van der Waals surface area (Å²) >= 11 is 0. The van der Waals surface area contributed by atoms with E-state index < -0.39 is 0 Å². The SMILES string of the molecule is O=C(N[C@@H]1C=CCCC1)N1CCCN(C(=O)C2CC2)CC1. The van der Waals surface area contributed by atoms with E-state index in [2.05, 4.69) is 17.5 Å². The maximum absolute atomic E-state index is 12.3. The van der Waals surface area contributed by atoms with Gasteiger partial charge in [-0.2, -0.15) is 0 Å². The maximum Gasteiger partial charge on any atom is 0.317 e. The van der Waals surface area contributed by atoms with E-state index >= 15 is 0 Å². The summed E-state index contributed by atoms with van der Waals surface area (Å²) < 4.78 is 0. The molecule has 1 aliphatic heterocycles. The molecule has 1 saturated heterocycles. The van der Waals surface area contributed by atoms with Crippen molar-refractivity contribution >= 4 is 11.9 Å². The molecule has 2 aliphatic carbocycles. The molecule has 1 heterocycles. The number of nitrogens with zero attached hydrogens (tertiary/aromatic N) is 2. The van der Waals surface area contributed by atoms with Gasteiger partial charge in [0.1, 0.15) is 0 Å². The van der Waals surface area contributed by atoms with Crippen LogP contribution in [0.25, 0.3) is 0 Å². The Kier molecular flexibility index (Phi) is 4.46. The van der Waals surface area contributed by atoms with Crippen LogP contribution in [-0.4, -0.2) is 54.0 Å². The second-order valence-corrected chi connectivity index (χ2v) is 6.36. The minimum absolute atomic E-state index is 0.0206. The lowest BCUT2D eigenvalue weighted by Crippen LogP contribution is -2.46. The number of carbonyl (C=O) groups is 2. The highest BCUT2D eigenvalue weighted by Gasteiger charge is 2.34. The fourth-order valence-electron chi connectivity index (χ4n) is 3.11. The van der Waals surface area contributed by atoms with Gasteiger partial charge in [0.05, 0.1) is 0 Å². The fourth-order valence-corrected chi connectivity index (χ4v) is 3.11. The van der Waals surface area contributed by atoms with Crippen molar-refractivity contribution in [3.05, 3.63) is 12.2 Å². The van der Waals surface area contributed by atoms with Crippen molar-refractivity contribution in [2.24, 2.45) is 5.92 Å². The zero-order valence-corrected chi connectivity index (χ0v) is 12.6. The Bertz CT molecular complexity index is 431. The summed E-state index contributed by atoms with van der Waals surface area (Å²) in [5.41, 5.74) is 0. The molecule has 1 saturated carbocycles. The van der Waals surface area contributed by atoms with E-state index in [1.165, 1.54) is 0 Å². The number of hydrogen-bond acceptors (Lipinski definition) is 2. The van der Waals surface area contributed by atoms with Crippen LogP contribution in [-0.2, 0) is 4.79 Å². The third-order valence-corrected chi connectivity index (χ3v) is 4.58. The van der Waals surface area contributed by atoms with Gasteiger partial charge in [0, 0.05) is 38.1 Å². The van der Waals surface area contributed by atoms with Gasteiger partial charge in [-0.05, 0) is 38.5 Å². The smallest absolute Gasteiger partial charge is 0.317 e. The van der Waals surface area contributed by atoms with Crippen LogP contribution in [0.5, 0.6) is 0 Å². The van der Waals surface area contributed by atoms with Crippen molar-refractivity contribution in [3.63, 3.8) is 0 Å². The molecule has 2 fully saturated rings. The summed E-state index contributed by atoms with van der Waals surface area (Å²) in [5.74, 6) is 0.574. The third kappa shape index (κ3) is 3.77. The first-order chi connectivity index (χ1) is 10.2. The molecule has 0 radical (unpaired) electrons. The quantitative estimate of drug-likeness (QED) is 0.788. The highest BCUT2D eigenvalue weighted by atomic mass is 16.2. The Balaban J connectivity index is 1.49. The van der Waals surface area contributed by atoms with Gasteiger partial charge in [-0.1, -0.05) is 12.2 Å². The van der Waals surface area contributed by atoms with Gasteiger partial charge in [0.15, 0.2) is 0 Å². The van der Waals surface area contributed by atoms with Gasteiger partial charge in [0.25, 0.3) is 0 Å². The Morgan fingerprint density at radius 3 is 2.43 bits per heavy atom. The van der Waals surface area contributed by atoms with Crippen molar-refractivity contribution in [3.8, 4) is 0 Å². The summed E-state index contributed by atoms with van der Waals surface area (Å²) in [6.45, 7) is 2.88. The standard InChI is InChI=1S/C16H25N3O2/c20-15(13-7-8-13)18-9-4-10-19(12-11-18)16(21)17-14-5-2-1-3-6-14/h2,5,13-14H,1,3-4,6-12H2,(H,17,21)/t14-/m1/s1. The summed E-state index contributed by atoms with van der Waals surface area (Å²) in [5, 5.41) is 3.09. The molecular formula is C16H25N3O2. The second kappa shape index (κ2) is 6.50. The molecule has 5 nitrogen and oxygen atoms in total. The Morgan fingerprint density at radius 1 is 0.952 bits per heavy atom. The highest BCUT2D eigenvalue weighted by Crippen LogP contribution is 2.31. The average Bonchev–Trinajstić information content (AvgIpc) is 3.34. The van der Waals surface area contributed by atoms with E-state index in [4.69, 9.17) is 0 Å². The fraction of sp³-hybridized carbons (Fsp3) is 0.750. The van der Waals surface area contributed by atoms with Crippen molar-refractivity contribution in [2.45, 2.75) is 44.6 Å². The molecule has 0 spiro atoms. The normalized spacial score (nSPS) is 26.4. The number of hydrogen-bond donors (Lipinski definition) is 1. The lowest BCUT2D eigenvalue weighted by Gasteiger charge is -2.25. The summed E-state index contributed by atoms with van der Waals surface area (Å²) in [4.78, 5) is 28.2. The van der Waals surface area contributed by atoms with Gasteiger partial charge < -0.3 is 15.1 Å². The first-order valence-corrected chi connectivity index (χ1v) is 8.25. The number of amides is 3. The van der Waals surface area contributed by atoms with Crippen molar-refractivity contribution in [1.29, 1.82) is 0 Å². The molecule has 0 aromatic heterocycles. The van der Waals surface area contributed by atoms with E-state index in [0.717, 1.165) is 51.6 Å². The monoisotopic (exact) mass is 291 g/mol. The van der Waals surface area contributed by atoms with E-state index in [1.807, 2.05) is 9.80 Å². The third-order valence-electron chi connectivity index (χ3n) is 4.58. The van der Waals surface area contributed by atoms with Crippen LogP contribution in [0, 0.1) is 5.92 Å². The molecule has 1 N–H and O–H groups in total. The number of allylic oxidation sites excluding steroid dienone is 1. The summed E-state index contributed by atoms with van der Waals surface area (Å²) in [6, 6.07) is 0.200. The minimum atomic E-state index is 0.0206. The minimum Gasteiger partial charge on any atom is -0.341 e. The maximum atomic E-state index is 12.3. The second-order valence-electron chi connectivity index (χ2n) is 6.36. The first-order valence-electron chi connectivity index (χ1n) is 8.25. The molecule has 3 amide bonds. The van der Waals surface area contributed by atoms with Gasteiger partial charge >= 0.3 is 6.03 Å². The first kappa shape index (κ1) is 14.4. The molecule has 0 bridgehead atoms. The number of urea groups is 1. The molecule has 3 aliphatic rings. The molecule has 21 heavy (non-hydrogen) atoms. The lowest BCUT2D eigenvalue weighted by atomic mass is 10.0. The van der Waals surface area contributed by atoms with Crippen LogP contribution in [0.3, 0.4) is 0 Å². The highest BCUT2D eigenvalue weighted by molar-refractivity contribution is 5.81. The molecule has 0 aromatic carbocycles. The van der Waals surface area contributed by atoms with Crippen LogP contribution in [0.1, 0.15) is 38.5 Å². The van der Waals surface area contributed by atoms with Gasteiger partial charge in [-0.3, -0.25) is 4.79 Å². The van der Waals surface area contributed by atoms with E-state index in [0.29, 0.717) is 19.0 Å². The van der Waals surface area contributed by atoms with E-state index in [1.54, 1.807) is 0 Å². The average molecular weight is 291 g/mol.